The lowest BCUT2D eigenvalue weighted by atomic mass is 10.2. The predicted octanol–water partition coefficient (Wildman–Crippen LogP) is 2.32. The van der Waals surface area contributed by atoms with Gasteiger partial charge in [-0.1, -0.05) is 17.7 Å². The largest absolute Gasteiger partial charge is 0.390 e. The van der Waals surface area contributed by atoms with Crippen LogP contribution in [-0.4, -0.2) is 21.9 Å². The van der Waals surface area contributed by atoms with Gasteiger partial charge in [-0.2, -0.15) is 0 Å². The van der Waals surface area contributed by atoms with Gasteiger partial charge in [-0.15, -0.1) is 15.4 Å². The Labute approximate surface area is 103 Å². The number of halogens is 1. The van der Waals surface area contributed by atoms with Gasteiger partial charge in [0.15, 0.2) is 11.8 Å². The Balaban J connectivity index is 2.26. The molecule has 0 radical (unpaired) electrons. The lowest BCUT2D eigenvalue weighted by Crippen LogP contribution is -1.95. The first-order valence-corrected chi connectivity index (χ1v) is 5.21. The van der Waals surface area contributed by atoms with Gasteiger partial charge < -0.3 is 4.84 Å². The highest BCUT2D eigenvalue weighted by molar-refractivity contribution is 6.29. The van der Waals surface area contributed by atoms with Crippen molar-refractivity contribution in [2.45, 2.75) is 6.61 Å². The van der Waals surface area contributed by atoms with E-state index < -0.39 is 0 Å². The minimum absolute atomic E-state index is 0.276. The van der Waals surface area contributed by atoms with E-state index in [4.69, 9.17) is 16.4 Å². The van der Waals surface area contributed by atoms with Gasteiger partial charge in [0.25, 0.3) is 0 Å². The Kier molecular flexibility index (Phi) is 3.62. The molecule has 2 heterocycles. The molecule has 2 rings (SSSR count). The molecule has 0 atom stereocenters. The fraction of sp³-hybridized carbons (Fsp3) is 0.0909. The van der Waals surface area contributed by atoms with E-state index in [1.54, 1.807) is 12.1 Å². The van der Waals surface area contributed by atoms with Crippen LogP contribution in [0.3, 0.4) is 0 Å². The molecule has 0 spiro atoms. The average molecular weight is 249 g/mol. The Hall–Kier alpha value is -2.01. The summed E-state index contributed by atoms with van der Waals surface area (Å²) in [6.07, 6.45) is 0. The monoisotopic (exact) mass is 248 g/mol. The second-order valence-electron chi connectivity index (χ2n) is 3.16. The third kappa shape index (κ3) is 2.98. The van der Waals surface area contributed by atoms with Crippen LogP contribution in [0.25, 0.3) is 11.4 Å². The molecule has 0 fully saturated rings. The molecule has 0 unspecified atom stereocenters. The minimum Gasteiger partial charge on any atom is -0.390 e. The Morgan fingerprint density at radius 1 is 1.18 bits per heavy atom. The van der Waals surface area contributed by atoms with Gasteiger partial charge in [-0.25, -0.2) is 4.98 Å². The first kappa shape index (κ1) is 11.5. The van der Waals surface area contributed by atoms with Crippen molar-refractivity contribution < 1.29 is 4.84 Å². The van der Waals surface area contributed by atoms with Crippen molar-refractivity contribution in [3.8, 4) is 11.4 Å². The number of oxime groups is 1. The molecule has 5 nitrogen and oxygen atoms in total. The molecule has 2 aromatic rings. The molecule has 0 saturated carbocycles. The molecule has 6 heteroatoms. The van der Waals surface area contributed by atoms with Crippen molar-refractivity contribution in [1.82, 2.24) is 15.2 Å². The van der Waals surface area contributed by atoms with Crippen molar-refractivity contribution in [3.05, 3.63) is 41.2 Å². The highest BCUT2D eigenvalue weighted by Gasteiger charge is 2.03. The topological polar surface area (TPSA) is 60.3 Å². The van der Waals surface area contributed by atoms with E-state index in [1.807, 2.05) is 18.2 Å². The zero-order valence-electron chi connectivity index (χ0n) is 8.88. The van der Waals surface area contributed by atoms with Gasteiger partial charge in [0, 0.05) is 6.72 Å². The quantitative estimate of drug-likeness (QED) is 0.615. The molecule has 0 aliphatic rings. The summed E-state index contributed by atoms with van der Waals surface area (Å²) in [6.45, 7) is 3.51. The minimum atomic E-state index is 0.276. The number of hydrogen-bond acceptors (Lipinski definition) is 5. The molecule has 0 aliphatic heterocycles. The van der Waals surface area contributed by atoms with Gasteiger partial charge in [0.1, 0.15) is 5.69 Å². The highest BCUT2D eigenvalue weighted by atomic mass is 35.5. The van der Waals surface area contributed by atoms with Crippen molar-refractivity contribution in [2.24, 2.45) is 5.16 Å². The summed E-state index contributed by atoms with van der Waals surface area (Å²) in [6, 6.07) is 8.95. The second-order valence-corrected chi connectivity index (χ2v) is 3.55. The third-order valence-electron chi connectivity index (χ3n) is 2.00. The SMILES string of the molecule is C=NOCc1cccc(-c2ccc(Cl)nn2)n1. The number of rotatable bonds is 4. The molecule has 2 aromatic heterocycles. The van der Waals surface area contributed by atoms with E-state index in [1.165, 1.54) is 0 Å². The highest BCUT2D eigenvalue weighted by Crippen LogP contribution is 2.15. The molecule has 17 heavy (non-hydrogen) atoms. The predicted molar refractivity (Wildman–Crippen MR) is 64.6 cm³/mol. The van der Waals surface area contributed by atoms with Crippen LogP contribution in [0.5, 0.6) is 0 Å². The molecule has 86 valence electrons. The second kappa shape index (κ2) is 5.36. The average Bonchev–Trinajstić information content (AvgIpc) is 2.37. The van der Waals surface area contributed by atoms with E-state index in [0.29, 0.717) is 16.5 Å². The molecule has 0 amide bonds. The van der Waals surface area contributed by atoms with Crippen LogP contribution in [-0.2, 0) is 11.4 Å². The number of aromatic nitrogens is 3. The summed E-state index contributed by atoms with van der Waals surface area (Å²) in [7, 11) is 0. The van der Waals surface area contributed by atoms with Crippen molar-refractivity contribution >= 4 is 18.3 Å². The molecule has 0 bridgehead atoms. The van der Waals surface area contributed by atoms with E-state index in [0.717, 1.165) is 5.69 Å². The molecule has 0 saturated heterocycles. The van der Waals surface area contributed by atoms with Gasteiger partial charge in [-0.05, 0) is 24.3 Å². The maximum atomic E-state index is 5.67. The Morgan fingerprint density at radius 2 is 2.06 bits per heavy atom. The van der Waals surface area contributed by atoms with E-state index >= 15 is 0 Å². The van der Waals surface area contributed by atoms with Gasteiger partial charge >= 0.3 is 0 Å². The van der Waals surface area contributed by atoms with Gasteiger partial charge in [-0.3, -0.25) is 0 Å². The first-order chi connectivity index (χ1) is 8.29. The summed E-state index contributed by atoms with van der Waals surface area (Å²) in [5.74, 6) is 0. The normalized spacial score (nSPS) is 9.94. The fourth-order valence-corrected chi connectivity index (χ4v) is 1.37. The summed E-state index contributed by atoms with van der Waals surface area (Å²) in [4.78, 5) is 9.18. The van der Waals surface area contributed by atoms with Crippen LogP contribution in [0.1, 0.15) is 5.69 Å². The van der Waals surface area contributed by atoms with Crippen LogP contribution >= 0.6 is 11.6 Å². The zero-order valence-corrected chi connectivity index (χ0v) is 9.63. The van der Waals surface area contributed by atoms with E-state index in [-0.39, 0.29) is 6.61 Å². The number of pyridine rings is 1. The first-order valence-electron chi connectivity index (χ1n) is 4.83. The van der Waals surface area contributed by atoms with Crippen LogP contribution in [0, 0.1) is 0 Å². The van der Waals surface area contributed by atoms with Crippen LogP contribution < -0.4 is 0 Å². The smallest absolute Gasteiger partial charge is 0.159 e. The van der Waals surface area contributed by atoms with E-state index in [2.05, 4.69) is 27.1 Å². The van der Waals surface area contributed by atoms with Gasteiger partial charge in [0.05, 0.1) is 11.4 Å². The Morgan fingerprint density at radius 3 is 2.76 bits per heavy atom. The fourth-order valence-electron chi connectivity index (χ4n) is 1.27. The number of hydrogen-bond donors (Lipinski definition) is 0. The summed E-state index contributed by atoms with van der Waals surface area (Å²) < 4.78 is 0. The van der Waals surface area contributed by atoms with Crippen LogP contribution in [0.2, 0.25) is 5.15 Å². The molecule has 0 aromatic carbocycles. The standard InChI is InChI=1S/C11H9ClN4O/c1-13-17-7-8-3-2-4-9(14-8)10-5-6-11(12)16-15-10/h2-6H,1,7H2. The Bertz CT molecular complexity index is 515. The maximum absolute atomic E-state index is 5.67. The van der Waals surface area contributed by atoms with E-state index in [9.17, 15) is 0 Å². The zero-order chi connectivity index (χ0) is 12.1. The van der Waals surface area contributed by atoms with Crippen molar-refractivity contribution in [2.75, 3.05) is 0 Å². The molecular weight excluding hydrogens is 240 g/mol. The molecule has 0 aliphatic carbocycles. The van der Waals surface area contributed by atoms with Crippen LogP contribution in [0.15, 0.2) is 35.5 Å². The maximum Gasteiger partial charge on any atom is 0.159 e. The molecule has 0 N–H and O–H groups in total. The summed E-state index contributed by atoms with van der Waals surface area (Å²) in [5.41, 5.74) is 2.11. The third-order valence-corrected chi connectivity index (χ3v) is 2.21. The van der Waals surface area contributed by atoms with Crippen molar-refractivity contribution in [3.63, 3.8) is 0 Å². The van der Waals surface area contributed by atoms with Crippen molar-refractivity contribution in [1.29, 1.82) is 0 Å². The van der Waals surface area contributed by atoms with Crippen LogP contribution in [0.4, 0.5) is 0 Å². The molecular formula is C11H9ClN4O. The summed E-state index contributed by atoms with van der Waals surface area (Å²) >= 11 is 5.67. The lowest BCUT2D eigenvalue weighted by Gasteiger charge is -2.02. The number of nitrogens with zero attached hydrogens (tertiary/aromatic N) is 4. The summed E-state index contributed by atoms with van der Waals surface area (Å²) in [5, 5.41) is 11.4. The van der Waals surface area contributed by atoms with Gasteiger partial charge in [0.2, 0.25) is 0 Å². The lowest BCUT2D eigenvalue weighted by molar-refractivity contribution is 0.130.